The van der Waals surface area contributed by atoms with Gasteiger partial charge in [0.2, 0.25) is 0 Å². The number of aliphatic hydroxyl groups is 1. The zero-order valence-corrected chi connectivity index (χ0v) is 24.0. The molecule has 2 rings (SSSR count). The van der Waals surface area contributed by atoms with Crippen molar-refractivity contribution in [1.82, 2.24) is 19.5 Å². The number of carbonyl (C=O) groups excluding carboxylic acids is 1. The summed E-state index contributed by atoms with van der Waals surface area (Å²) in [6, 6.07) is 0. The van der Waals surface area contributed by atoms with Crippen LogP contribution < -0.4 is 5.73 Å². The van der Waals surface area contributed by atoms with E-state index in [4.69, 9.17) is 21.6 Å². The maximum Gasteiger partial charge on any atom is 0.312 e. The van der Waals surface area contributed by atoms with Gasteiger partial charge >= 0.3 is 12.0 Å². The summed E-state index contributed by atoms with van der Waals surface area (Å²) in [7, 11) is 1.32. The first-order valence-corrected chi connectivity index (χ1v) is 14.3. The van der Waals surface area contributed by atoms with Crippen molar-refractivity contribution in [2.75, 3.05) is 19.5 Å². The maximum atomic E-state index is 13.6. The van der Waals surface area contributed by atoms with Crippen LogP contribution in [-0.2, 0) is 20.8 Å². The monoisotopic (exact) mass is 557 g/mol. The number of unbranched alkanes of at least 4 members (excludes halogenated alkanes) is 11. The van der Waals surface area contributed by atoms with Gasteiger partial charge in [0.15, 0.2) is 17.1 Å². The van der Waals surface area contributed by atoms with Crippen molar-refractivity contribution >= 4 is 23.0 Å². The number of imidazole rings is 1. The molecule has 0 saturated carbocycles. The number of fused-ring (bicyclic) bond motifs is 1. The van der Waals surface area contributed by atoms with Crippen molar-refractivity contribution in [3.8, 4) is 24.2 Å². The zero-order valence-electron chi connectivity index (χ0n) is 24.0. The van der Waals surface area contributed by atoms with Crippen molar-refractivity contribution in [2.24, 2.45) is 0 Å². The summed E-state index contributed by atoms with van der Waals surface area (Å²) in [5.41, 5.74) is 4.37. The molecule has 0 radical (unpaired) electrons. The number of methoxy groups -OCH3 is 1. The summed E-state index contributed by atoms with van der Waals surface area (Å²) < 4.78 is 25.8. The van der Waals surface area contributed by atoms with E-state index in [9.17, 15) is 14.3 Å². The first-order chi connectivity index (χ1) is 19.4. The molecule has 2 heterocycles. The highest BCUT2D eigenvalue weighted by Gasteiger charge is 2.38. The molecule has 0 aliphatic rings. The lowest BCUT2D eigenvalue weighted by Gasteiger charge is -2.31. The molecular weight excluding hydrogens is 513 g/mol. The molecule has 9 nitrogen and oxygen atoms in total. The number of nitrogens with two attached hydrogens (primary N) is 1. The van der Waals surface area contributed by atoms with Gasteiger partial charge in [0.05, 0.1) is 12.9 Å². The molecule has 0 spiro atoms. The fourth-order valence-corrected chi connectivity index (χ4v) is 4.34. The molecule has 0 amide bonds. The summed E-state index contributed by atoms with van der Waals surface area (Å²) in [5, 5.41) is 10.9. The van der Waals surface area contributed by atoms with E-state index < -0.39 is 23.8 Å². The summed E-state index contributed by atoms with van der Waals surface area (Å²) >= 11 is 0. The predicted octanol–water partition coefficient (Wildman–Crippen LogP) is 4.95. The number of aliphatic hydroxyl groups excluding tert-OH is 1. The van der Waals surface area contributed by atoms with E-state index in [0.717, 1.165) is 38.5 Å². The number of nitrogen functional groups attached to an aromatic ring is 1. The van der Waals surface area contributed by atoms with Gasteiger partial charge in [-0.1, -0.05) is 64.2 Å². The molecule has 0 saturated heterocycles. The molecule has 0 bridgehead atoms. The second-order valence-corrected chi connectivity index (χ2v) is 10.0. The minimum absolute atomic E-state index is 0.100. The van der Waals surface area contributed by atoms with Crippen molar-refractivity contribution < 1.29 is 23.8 Å². The average Bonchev–Trinajstić information content (AvgIpc) is 3.34. The number of rotatable bonds is 19. The zero-order chi connectivity index (χ0) is 29.2. The Kier molecular flexibility index (Phi) is 15.0. The second-order valence-electron chi connectivity index (χ2n) is 10.0. The molecule has 2 aromatic heterocycles. The number of nitrogens with zero attached hydrogens (tertiary/aromatic N) is 4. The number of carbonyl (C=O) groups is 1. The Hall–Kier alpha value is -3.21. The number of esters is 1. The fourth-order valence-electron chi connectivity index (χ4n) is 4.34. The number of terminal acetylenes is 1. The lowest BCUT2D eigenvalue weighted by atomic mass is 9.98. The van der Waals surface area contributed by atoms with Gasteiger partial charge in [-0.3, -0.25) is 4.79 Å². The van der Waals surface area contributed by atoms with E-state index in [0.29, 0.717) is 6.42 Å². The Morgan fingerprint density at radius 1 is 1.10 bits per heavy atom. The Bertz CT molecular complexity index is 1150. The number of aromatic nitrogens is 4. The van der Waals surface area contributed by atoms with Crippen LogP contribution in [0, 0.1) is 30.3 Å². The van der Waals surface area contributed by atoms with Gasteiger partial charge in [-0.25, -0.2) is 4.98 Å². The molecule has 40 heavy (non-hydrogen) atoms. The summed E-state index contributed by atoms with van der Waals surface area (Å²) in [4.78, 5) is 23.5. The van der Waals surface area contributed by atoms with E-state index in [1.54, 1.807) is 0 Å². The van der Waals surface area contributed by atoms with Gasteiger partial charge in [-0.2, -0.15) is 14.4 Å². The first kappa shape index (κ1) is 33.0. The minimum Gasteiger partial charge on any atom is -0.461 e. The van der Waals surface area contributed by atoms with Crippen LogP contribution in [0.2, 0.25) is 0 Å². The van der Waals surface area contributed by atoms with Gasteiger partial charge in [0.25, 0.3) is 0 Å². The molecule has 2 atom stereocenters. The largest absolute Gasteiger partial charge is 0.461 e. The summed E-state index contributed by atoms with van der Waals surface area (Å²) in [6.45, 7) is 1.75. The average molecular weight is 558 g/mol. The molecule has 3 N–H and O–H groups in total. The van der Waals surface area contributed by atoms with E-state index in [1.165, 1.54) is 56.5 Å². The first-order valence-electron chi connectivity index (χ1n) is 14.3. The quantitative estimate of drug-likeness (QED) is 0.108. The van der Waals surface area contributed by atoms with Crippen molar-refractivity contribution in [2.45, 2.75) is 115 Å². The third-order valence-electron chi connectivity index (χ3n) is 6.89. The van der Waals surface area contributed by atoms with E-state index in [-0.39, 0.29) is 36.6 Å². The van der Waals surface area contributed by atoms with Crippen LogP contribution in [0.25, 0.3) is 11.2 Å². The van der Waals surface area contributed by atoms with Crippen LogP contribution >= 0.6 is 0 Å². The highest BCUT2D eigenvalue weighted by atomic mass is 19.1. The van der Waals surface area contributed by atoms with Crippen molar-refractivity contribution in [3.05, 3.63) is 12.4 Å². The van der Waals surface area contributed by atoms with E-state index >= 15 is 0 Å². The van der Waals surface area contributed by atoms with Gasteiger partial charge in [-0.15, -0.1) is 18.3 Å². The molecule has 2 aromatic rings. The van der Waals surface area contributed by atoms with Crippen molar-refractivity contribution in [3.63, 3.8) is 0 Å². The number of hydrogen-bond donors (Lipinski definition) is 2. The third kappa shape index (κ3) is 10.7. The number of hydrogen-bond acceptors (Lipinski definition) is 8. The highest BCUT2D eigenvalue weighted by Crippen LogP contribution is 2.21. The Morgan fingerprint density at radius 3 is 2.35 bits per heavy atom. The van der Waals surface area contributed by atoms with Crippen LogP contribution in [-0.4, -0.2) is 56.0 Å². The Labute approximate surface area is 237 Å². The molecule has 0 aromatic carbocycles. The van der Waals surface area contributed by atoms with Gasteiger partial charge in [-0.05, 0) is 19.3 Å². The summed E-state index contributed by atoms with van der Waals surface area (Å²) in [5.74, 6) is 8.41. The van der Waals surface area contributed by atoms with Crippen LogP contribution in [0.1, 0.15) is 96.8 Å². The molecule has 10 heteroatoms. The molecule has 0 aliphatic heterocycles. The van der Waals surface area contributed by atoms with Crippen LogP contribution in [0.3, 0.4) is 0 Å². The number of halogens is 1. The van der Waals surface area contributed by atoms with Crippen molar-refractivity contribution in [1.29, 1.82) is 0 Å². The topological polar surface area (TPSA) is 125 Å². The minimum atomic E-state index is -1.61. The number of ether oxygens (including phenoxy) is 2. The second kappa shape index (κ2) is 18.2. The normalized spacial score (nSPS) is 13.3. The lowest BCUT2D eigenvalue weighted by molar-refractivity contribution is -0.157. The predicted molar refractivity (Wildman–Crippen MR) is 153 cm³/mol. The van der Waals surface area contributed by atoms with E-state index in [2.05, 4.69) is 39.6 Å². The molecule has 0 fully saturated rings. The smallest absolute Gasteiger partial charge is 0.312 e. The van der Waals surface area contributed by atoms with Crippen LogP contribution in [0.4, 0.5) is 10.2 Å². The third-order valence-corrected chi connectivity index (χ3v) is 6.89. The highest BCUT2D eigenvalue weighted by molar-refractivity contribution is 5.81. The molecular formula is C30H44FN5O4. The van der Waals surface area contributed by atoms with Crippen LogP contribution in [0.15, 0.2) is 6.33 Å². The van der Waals surface area contributed by atoms with Gasteiger partial charge < -0.3 is 24.9 Å². The molecule has 220 valence electrons. The van der Waals surface area contributed by atoms with Gasteiger partial charge in [0.1, 0.15) is 18.2 Å². The fraction of sp³-hybridized carbons (Fsp3) is 0.667. The Morgan fingerprint density at radius 2 is 1.73 bits per heavy atom. The number of anilines is 1. The Balaban J connectivity index is 1.65. The maximum absolute atomic E-state index is 13.6. The van der Waals surface area contributed by atoms with E-state index in [1.807, 2.05) is 0 Å². The SMILES string of the molecule is C#CC(COC(=O)CCCCCCCC#CCCCCCCCC)(OC)[C@@H](O)Cn1cnc2c(N)nc(F)nc21. The standard InChI is InChI=1S/C30H44FN5O4/c1-4-6-7-8-9-10-11-12-13-14-15-16-17-18-19-20-25(38)40-22-30(5-2,39-3)24(37)21-36-23-33-26-27(32)34-29(31)35-28(26)36/h2,23-24,37H,4,6-11,14-22H2,1,3H3,(H2,32,34,35)/t24-,30?/m0/s1. The molecule has 1 unspecified atom stereocenters. The molecule has 0 aliphatic carbocycles. The summed E-state index contributed by atoms with van der Waals surface area (Å²) in [6.07, 6.45) is 19.4. The van der Waals surface area contributed by atoms with Crippen LogP contribution in [0.5, 0.6) is 0 Å². The lowest BCUT2D eigenvalue weighted by Crippen LogP contribution is -2.49. The van der Waals surface area contributed by atoms with Gasteiger partial charge in [0, 0.05) is 26.4 Å².